The Hall–Kier alpha value is -2.18. The number of aromatic nitrogens is 2. The zero-order valence-corrected chi connectivity index (χ0v) is 14.1. The van der Waals surface area contributed by atoms with Gasteiger partial charge in [-0.2, -0.15) is 0 Å². The van der Waals surface area contributed by atoms with E-state index in [0.29, 0.717) is 22.6 Å². The molecule has 0 unspecified atom stereocenters. The van der Waals surface area contributed by atoms with Gasteiger partial charge in [0.15, 0.2) is 0 Å². The number of H-pyrrole nitrogens is 1. The van der Waals surface area contributed by atoms with Crippen molar-refractivity contribution in [3.8, 4) is 0 Å². The maximum absolute atomic E-state index is 12.2. The lowest BCUT2D eigenvalue weighted by atomic mass is 10.2. The highest BCUT2D eigenvalue weighted by Crippen LogP contribution is 2.15. The van der Waals surface area contributed by atoms with Gasteiger partial charge < -0.3 is 10.3 Å². The molecule has 0 atom stereocenters. The molecule has 23 heavy (non-hydrogen) atoms. The second-order valence-electron chi connectivity index (χ2n) is 4.91. The van der Waals surface area contributed by atoms with E-state index >= 15 is 0 Å². The molecule has 0 aliphatic rings. The number of amides is 1. The maximum atomic E-state index is 12.2. The fourth-order valence-electron chi connectivity index (χ4n) is 2.11. The summed E-state index contributed by atoms with van der Waals surface area (Å²) in [6.45, 7) is 0.310. The molecule has 1 amide bonds. The highest BCUT2D eigenvalue weighted by atomic mass is 79.9. The first-order chi connectivity index (χ1) is 11.0. The lowest BCUT2D eigenvalue weighted by Gasteiger charge is -2.06. The number of nitrogens with zero attached hydrogens (tertiary/aromatic N) is 1. The summed E-state index contributed by atoms with van der Waals surface area (Å²) in [5.74, 6) is -0.442. The Morgan fingerprint density at radius 3 is 2.74 bits per heavy atom. The van der Waals surface area contributed by atoms with Crippen molar-refractivity contribution >= 4 is 44.5 Å². The third kappa shape index (κ3) is 3.60. The van der Waals surface area contributed by atoms with E-state index in [2.05, 4.69) is 31.2 Å². The summed E-state index contributed by atoms with van der Waals surface area (Å²) in [6.07, 6.45) is 1.58. The van der Waals surface area contributed by atoms with Gasteiger partial charge in [0.25, 0.3) is 11.5 Å². The number of benzene rings is 1. The molecule has 116 valence electrons. The van der Waals surface area contributed by atoms with Crippen LogP contribution in [0.2, 0.25) is 5.02 Å². The Bertz CT molecular complexity index is 938. The van der Waals surface area contributed by atoms with Crippen LogP contribution in [-0.2, 0) is 6.54 Å². The summed E-state index contributed by atoms with van der Waals surface area (Å²) in [7, 11) is 0. The second kappa shape index (κ2) is 6.52. The monoisotopic (exact) mass is 391 g/mol. The van der Waals surface area contributed by atoms with Crippen molar-refractivity contribution in [1.29, 1.82) is 0 Å². The van der Waals surface area contributed by atoms with Crippen LogP contribution in [-0.4, -0.2) is 15.9 Å². The summed E-state index contributed by atoms with van der Waals surface area (Å²) >= 11 is 9.13. The average molecular weight is 393 g/mol. The van der Waals surface area contributed by atoms with E-state index in [4.69, 9.17) is 11.6 Å². The van der Waals surface area contributed by atoms with Gasteiger partial charge in [-0.05, 0) is 45.8 Å². The number of hydrogen-bond acceptors (Lipinski definition) is 3. The van der Waals surface area contributed by atoms with Gasteiger partial charge >= 0.3 is 0 Å². The van der Waals surface area contributed by atoms with E-state index in [1.807, 2.05) is 12.1 Å². The number of nitrogens with one attached hydrogen (secondary N) is 2. The van der Waals surface area contributed by atoms with Crippen molar-refractivity contribution in [3.63, 3.8) is 0 Å². The molecule has 1 aromatic carbocycles. The van der Waals surface area contributed by atoms with Crippen molar-refractivity contribution in [3.05, 3.63) is 73.6 Å². The largest absolute Gasteiger partial charge is 0.348 e. The fraction of sp³-hybridized carbons (Fsp3) is 0.0625. The van der Waals surface area contributed by atoms with Crippen LogP contribution in [0.1, 0.15) is 15.9 Å². The number of rotatable bonds is 3. The molecule has 0 spiro atoms. The molecule has 2 N–H and O–H groups in total. The minimum atomic E-state index is -0.471. The zero-order chi connectivity index (χ0) is 16.4. The van der Waals surface area contributed by atoms with Gasteiger partial charge in [-0.1, -0.05) is 23.7 Å². The van der Waals surface area contributed by atoms with E-state index in [-0.39, 0.29) is 5.56 Å². The average Bonchev–Trinajstić information content (AvgIpc) is 2.54. The van der Waals surface area contributed by atoms with Crippen LogP contribution in [0.5, 0.6) is 0 Å². The summed E-state index contributed by atoms with van der Waals surface area (Å²) in [5, 5.41) is 4.03. The molecular weight excluding hydrogens is 382 g/mol. The number of hydrogen-bond donors (Lipinski definition) is 2. The molecule has 0 radical (unpaired) electrons. The summed E-state index contributed by atoms with van der Waals surface area (Å²) < 4.78 is 0.768. The molecule has 0 aliphatic heterocycles. The van der Waals surface area contributed by atoms with E-state index in [0.717, 1.165) is 10.0 Å². The first-order valence-electron chi connectivity index (χ1n) is 6.74. The van der Waals surface area contributed by atoms with Crippen molar-refractivity contribution < 1.29 is 4.79 Å². The molecule has 3 rings (SSSR count). The van der Waals surface area contributed by atoms with Gasteiger partial charge in [0.2, 0.25) is 0 Å². The maximum Gasteiger partial charge on any atom is 0.262 e. The highest BCUT2D eigenvalue weighted by Gasteiger charge is 2.12. The van der Waals surface area contributed by atoms with Gasteiger partial charge in [-0.25, -0.2) is 4.98 Å². The number of pyridine rings is 2. The molecule has 0 bridgehead atoms. The SMILES string of the molecule is O=C(NCc1ccc(Cl)cc1)c1cc2cc(Br)cnc2[nH]c1=O. The first-order valence-corrected chi connectivity index (χ1v) is 7.91. The number of carbonyl (C=O) groups is 1. The Labute approximate surface area is 144 Å². The third-order valence-electron chi connectivity index (χ3n) is 3.27. The predicted molar refractivity (Wildman–Crippen MR) is 92.7 cm³/mol. The molecule has 2 aromatic heterocycles. The molecule has 7 heteroatoms. The third-order valence-corrected chi connectivity index (χ3v) is 3.96. The predicted octanol–water partition coefficient (Wildman–Crippen LogP) is 3.27. The van der Waals surface area contributed by atoms with Gasteiger partial charge in [0.1, 0.15) is 11.2 Å². The van der Waals surface area contributed by atoms with Crippen LogP contribution >= 0.6 is 27.5 Å². The molecule has 0 aliphatic carbocycles. The molecule has 0 fully saturated rings. The zero-order valence-electron chi connectivity index (χ0n) is 11.8. The van der Waals surface area contributed by atoms with E-state index in [1.165, 1.54) is 6.07 Å². The van der Waals surface area contributed by atoms with Crippen molar-refractivity contribution in [2.24, 2.45) is 0 Å². The normalized spacial score (nSPS) is 10.7. The smallest absolute Gasteiger partial charge is 0.262 e. The van der Waals surface area contributed by atoms with Crippen LogP contribution in [0.3, 0.4) is 0 Å². The lowest BCUT2D eigenvalue weighted by Crippen LogP contribution is -2.29. The molecule has 0 saturated heterocycles. The number of fused-ring (bicyclic) bond motifs is 1. The molecule has 3 aromatic rings. The number of carbonyl (C=O) groups excluding carboxylic acids is 1. The molecule has 0 saturated carbocycles. The van der Waals surface area contributed by atoms with Crippen LogP contribution in [0.25, 0.3) is 11.0 Å². The summed E-state index contributed by atoms with van der Waals surface area (Å²) in [5.41, 5.74) is 0.907. The topological polar surface area (TPSA) is 74.8 Å². The fourth-order valence-corrected chi connectivity index (χ4v) is 2.59. The minimum absolute atomic E-state index is 0.0476. The van der Waals surface area contributed by atoms with Gasteiger partial charge in [-0.15, -0.1) is 0 Å². The van der Waals surface area contributed by atoms with Gasteiger partial charge in [0.05, 0.1) is 0 Å². The minimum Gasteiger partial charge on any atom is -0.348 e. The van der Waals surface area contributed by atoms with Gasteiger partial charge in [-0.3, -0.25) is 9.59 Å². The van der Waals surface area contributed by atoms with Gasteiger partial charge in [0, 0.05) is 27.6 Å². The Kier molecular flexibility index (Phi) is 4.45. The second-order valence-corrected chi connectivity index (χ2v) is 6.26. The quantitative estimate of drug-likeness (QED) is 0.718. The van der Waals surface area contributed by atoms with Crippen molar-refractivity contribution in [2.75, 3.05) is 0 Å². The van der Waals surface area contributed by atoms with Crippen LogP contribution in [0.15, 0.2) is 51.9 Å². The van der Waals surface area contributed by atoms with Crippen LogP contribution < -0.4 is 10.9 Å². The highest BCUT2D eigenvalue weighted by molar-refractivity contribution is 9.10. The van der Waals surface area contributed by atoms with Crippen LogP contribution in [0.4, 0.5) is 0 Å². The van der Waals surface area contributed by atoms with E-state index < -0.39 is 11.5 Å². The summed E-state index contributed by atoms with van der Waals surface area (Å²) in [4.78, 5) is 31.0. The van der Waals surface area contributed by atoms with Crippen LogP contribution in [0, 0.1) is 0 Å². The number of halogens is 2. The Morgan fingerprint density at radius 1 is 1.26 bits per heavy atom. The van der Waals surface area contributed by atoms with Crippen molar-refractivity contribution in [2.45, 2.75) is 6.54 Å². The first kappa shape index (κ1) is 15.7. The Balaban J connectivity index is 1.84. The summed E-state index contributed by atoms with van der Waals surface area (Å²) in [6, 6.07) is 10.4. The lowest BCUT2D eigenvalue weighted by molar-refractivity contribution is 0.0949. The van der Waals surface area contributed by atoms with E-state index in [1.54, 1.807) is 24.4 Å². The molecular formula is C16H11BrClN3O2. The standard InChI is InChI=1S/C16H11BrClN3O2/c17-11-5-10-6-13(16(23)21-14(10)19-8-11)15(22)20-7-9-1-3-12(18)4-2-9/h1-6,8H,7H2,(H,20,22)(H,19,21,23). The molecule has 2 heterocycles. The molecule has 5 nitrogen and oxygen atoms in total. The van der Waals surface area contributed by atoms with E-state index in [9.17, 15) is 9.59 Å². The van der Waals surface area contributed by atoms with Crippen molar-refractivity contribution in [1.82, 2.24) is 15.3 Å². The Morgan fingerprint density at radius 2 is 2.00 bits per heavy atom. The number of aromatic amines is 1.